The van der Waals surface area contributed by atoms with Crippen molar-refractivity contribution in [2.75, 3.05) is 19.7 Å². The normalized spacial score (nSPS) is 18.6. The minimum atomic E-state index is 0.145. The van der Waals surface area contributed by atoms with Crippen LogP contribution in [-0.2, 0) is 0 Å². The van der Waals surface area contributed by atoms with Crippen LogP contribution < -0.4 is 0 Å². The molecule has 1 aromatic rings. The summed E-state index contributed by atoms with van der Waals surface area (Å²) >= 11 is 0. The zero-order chi connectivity index (χ0) is 9.80. The smallest absolute Gasteiger partial charge is 0.0628 e. The van der Waals surface area contributed by atoms with Crippen LogP contribution in [0.2, 0.25) is 0 Å². The molecule has 1 heterocycles. The topological polar surface area (TPSA) is 23.5 Å². The molecule has 0 radical (unpaired) electrons. The summed E-state index contributed by atoms with van der Waals surface area (Å²) in [6.45, 7) is 2.08. The van der Waals surface area contributed by atoms with E-state index in [0.29, 0.717) is 0 Å². The van der Waals surface area contributed by atoms with Crippen molar-refractivity contribution in [3.05, 3.63) is 48.0 Å². The zero-order valence-corrected chi connectivity index (χ0v) is 8.13. The molecular weight excluding hydrogens is 174 g/mol. The van der Waals surface area contributed by atoms with Gasteiger partial charge < -0.3 is 5.11 Å². The fourth-order valence-corrected chi connectivity index (χ4v) is 1.86. The lowest BCUT2D eigenvalue weighted by atomic mass is 10.1. The second-order valence-electron chi connectivity index (χ2n) is 3.53. The minimum absolute atomic E-state index is 0.145. The van der Waals surface area contributed by atoms with Crippen molar-refractivity contribution in [3.63, 3.8) is 0 Å². The Labute approximate surface area is 84.5 Å². The van der Waals surface area contributed by atoms with Crippen molar-refractivity contribution in [1.82, 2.24) is 4.90 Å². The molecule has 2 nitrogen and oxygen atoms in total. The van der Waals surface area contributed by atoms with Gasteiger partial charge in [0.25, 0.3) is 0 Å². The van der Waals surface area contributed by atoms with Crippen LogP contribution >= 0.6 is 0 Å². The molecule has 0 fully saturated rings. The third kappa shape index (κ3) is 1.86. The van der Waals surface area contributed by atoms with E-state index in [1.54, 1.807) is 0 Å². The number of benzene rings is 1. The lowest BCUT2D eigenvalue weighted by molar-refractivity contribution is 0.152. The quantitative estimate of drug-likeness (QED) is 0.730. The fraction of sp³-hybridized carbons (Fsp3) is 0.333. The Balaban J connectivity index is 2.13. The van der Waals surface area contributed by atoms with E-state index in [1.165, 1.54) is 5.56 Å². The van der Waals surface area contributed by atoms with Gasteiger partial charge in [-0.3, -0.25) is 4.90 Å². The van der Waals surface area contributed by atoms with Gasteiger partial charge in [0.05, 0.1) is 12.6 Å². The highest BCUT2D eigenvalue weighted by Crippen LogP contribution is 2.21. The standard InChI is InChI=1S/C12H15NO/c14-10-12(13-8-4-5-9-13)11-6-2-1-3-7-11/h1-7,12,14H,8-10H2/t12-/m1/s1. The largest absolute Gasteiger partial charge is 0.394 e. The van der Waals surface area contributed by atoms with Gasteiger partial charge in [0, 0.05) is 13.1 Å². The van der Waals surface area contributed by atoms with Gasteiger partial charge in [-0.05, 0) is 5.56 Å². The van der Waals surface area contributed by atoms with Gasteiger partial charge in [0.15, 0.2) is 0 Å². The summed E-state index contributed by atoms with van der Waals surface area (Å²) in [5, 5.41) is 9.37. The Morgan fingerprint density at radius 1 is 1.14 bits per heavy atom. The third-order valence-corrected chi connectivity index (χ3v) is 2.64. The predicted molar refractivity (Wildman–Crippen MR) is 57.0 cm³/mol. The lowest BCUT2D eigenvalue weighted by Gasteiger charge is -2.25. The molecule has 0 saturated carbocycles. The van der Waals surface area contributed by atoms with Crippen LogP contribution in [0.5, 0.6) is 0 Å². The molecule has 1 aromatic carbocycles. The van der Waals surface area contributed by atoms with E-state index in [4.69, 9.17) is 0 Å². The molecule has 0 amide bonds. The Bertz CT molecular complexity index is 299. The lowest BCUT2D eigenvalue weighted by Crippen LogP contribution is -2.28. The summed E-state index contributed by atoms with van der Waals surface area (Å²) in [5.41, 5.74) is 1.19. The summed E-state index contributed by atoms with van der Waals surface area (Å²) in [4.78, 5) is 2.26. The summed E-state index contributed by atoms with van der Waals surface area (Å²) in [6, 6.07) is 10.3. The molecule has 2 heteroatoms. The molecule has 14 heavy (non-hydrogen) atoms. The van der Waals surface area contributed by atoms with Crippen LogP contribution in [0.25, 0.3) is 0 Å². The molecule has 2 rings (SSSR count). The van der Waals surface area contributed by atoms with E-state index in [2.05, 4.69) is 29.2 Å². The fourth-order valence-electron chi connectivity index (χ4n) is 1.86. The monoisotopic (exact) mass is 189 g/mol. The van der Waals surface area contributed by atoms with Crippen LogP contribution in [0.1, 0.15) is 11.6 Å². The van der Waals surface area contributed by atoms with Crippen molar-refractivity contribution in [3.8, 4) is 0 Å². The number of nitrogens with zero attached hydrogens (tertiary/aromatic N) is 1. The van der Waals surface area contributed by atoms with Crippen molar-refractivity contribution in [2.24, 2.45) is 0 Å². The molecular formula is C12H15NO. The van der Waals surface area contributed by atoms with Crippen LogP contribution in [0, 0.1) is 0 Å². The highest BCUT2D eigenvalue weighted by molar-refractivity contribution is 5.20. The second-order valence-corrected chi connectivity index (χ2v) is 3.53. The summed E-state index contributed by atoms with van der Waals surface area (Å²) in [6.07, 6.45) is 4.29. The molecule has 0 bridgehead atoms. The molecule has 0 unspecified atom stereocenters. The number of hydrogen-bond acceptors (Lipinski definition) is 2. The maximum atomic E-state index is 9.37. The van der Waals surface area contributed by atoms with E-state index in [0.717, 1.165) is 13.1 Å². The first-order valence-corrected chi connectivity index (χ1v) is 4.96. The zero-order valence-electron chi connectivity index (χ0n) is 8.13. The highest BCUT2D eigenvalue weighted by Gasteiger charge is 2.19. The Morgan fingerprint density at radius 2 is 1.79 bits per heavy atom. The number of aliphatic hydroxyl groups is 1. The maximum absolute atomic E-state index is 9.37. The average molecular weight is 189 g/mol. The van der Waals surface area contributed by atoms with Crippen LogP contribution in [0.4, 0.5) is 0 Å². The van der Waals surface area contributed by atoms with E-state index in [1.807, 2.05) is 18.2 Å². The predicted octanol–water partition coefficient (Wildman–Crippen LogP) is 1.59. The summed E-state index contributed by atoms with van der Waals surface area (Å²) in [7, 11) is 0. The molecule has 1 aliphatic rings. The molecule has 0 aliphatic carbocycles. The van der Waals surface area contributed by atoms with Gasteiger partial charge >= 0.3 is 0 Å². The van der Waals surface area contributed by atoms with Crippen molar-refractivity contribution in [1.29, 1.82) is 0 Å². The van der Waals surface area contributed by atoms with Gasteiger partial charge in [0.2, 0.25) is 0 Å². The summed E-state index contributed by atoms with van der Waals surface area (Å²) < 4.78 is 0. The molecule has 1 N–H and O–H groups in total. The van der Waals surface area contributed by atoms with Crippen molar-refractivity contribution >= 4 is 0 Å². The number of rotatable bonds is 3. The molecule has 74 valence electrons. The van der Waals surface area contributed by atoms with Crippen LogP contribution in [0.3, 0.4) is 0 Å². The van der Waals surface area contributed by atoms with E-state index >= 15 is 0 Å². The number of aliphatic hydroxyl groups excluding tert-OH is 1. The van der Waals surface area contributed by atoms with Crippen molar-refractivity contribution in [2.45, 2.75) is 6.04 Å². The second kappa shape index (κ2) is 4.40. The Hall–Kier alpha value is -1.12. The highest BCUT2D eigenvalue weighted by atomic mass is 16.3. The minimum Gasteiger partial charge on any atom is -0.394 e. The van der Waals surface area contributed by atoms with E-state index < -0.39 is 0 Å². The van der Waals surface area contributed by atoms with Gasteiger partial charge in [-0.15, -0.1) is 0 Å². The maximum Gasteiger partial charge on any atom is 0.0628 e. The first kappa shape index (κ1) is 9.44. The first-order valence-electron chi connectivity index (χ1n) is 4.96. The summed E-state index contributed by atoms with van der Waals surface area (Å²) in [5.74, 6) is 0. The Morgan fingerprint density at radius 3 is 2.36 bits per heavy atom. The molecule has 0 aromatic heterocycles. The SMILES string of the molecule is OC[C@H](c1ccccc1)N1CC=CC1. The molecule has 1 atom stereocenters. The van der Waals surface area contributed by atoms with Gasteiger partial charge in [0.1, 0.15) is 0 Å². The van der Waals surface area contributed by atoms with E-state index in [-0.39, 0.29) is 12.6 Å². The Kier molecular flexibility index (Phi) is 2.96. The average Bonchev–Trinajstić information content (AvgIpc) is 2.74. The third-order valence-electron chi connectivity index (χ3n) is 2.64. The molecule has 1 aliphatic heterocycles. The number of hydrogen-bond donors (Lipinski definition) is 1. The van der Waals surface area contributed by atoms with Gasteiger partial charge in [-0.25, -0.2) is 0 Å². The van der Waals surface area contributed by atoms with E-state index in [9.17, 15) is 5.11 Å². The first-order chi connectivity index (χ1) is 6.92. The van der Waals surface area contributed by atoms with Crippen LogP contribution in [-0.4, -0.2) is 29.7 Å². The molecule has 0 spiro atoms. The van der Waals surface area contributed by atoms with Crippen molar-refractivity contribution < 1.29 is 5.11 Å². The van der Waals surface area contributed by atoms with Crippen LogP contribution in [0.15, 0.2) is 42.5 Å². The van der Waals surface area contributed by atoms with Gasteiger partial charge in [-0.2, -0.15) is 0 Å². The molecule has 0 saturated heterocycles. The van der Waals surface area contributed by atoms with Gasteiger partial charge in [-0.1, -0.05) is 42.5 Å².